The molecule has 66 heavy (non-hydrogen) atoms. The maximum Gasteiger partial charge on any atom is 0.343 e. The second-order valence-corrected chi connectivity index (χ2v) is 23.8. The lowest BCUT2D eigenvalue weighted by molar-refractivity contribution is -0.121. The summed E-state index contributed by atoms with van der Waals surface area (Å²) in [7, 11) is -4.94. The van der Waals surface area contributed by atoms with Gasteiger partial charge < -0.3 is 32.8 Å². The lowest BCUT2D eigenvalue weighted by atomic mass is 10.1. The number of carbonyl (C=O) groups excluding carboxylic acids is 5. The van der Waals surface area contributed by atoms with E-state index >= 15 is 0 Å². The van der Waals surface area contributed by atoms with E-state index in [0.717, 1.165) is 34.1 Å². The highest BCUT2D eigenvalue weighted by atomic mass is 31.2. The number of rotatable bonds is 22. The molecule has 1 aromatic carbocycles. The van der Waals surface area contributed by atoms with Gasteiger partial charge in [-0.15, -0.1) is 0 Å². The quantitative estimate of drug-likeness (QED) is 0.0488. The minimum absolute atomic E-state index is 0.00827. The zero-order valence-electron chi connectivity index (χ0n) is 39.5. The van der Waals surface area contributed by atoms with Gasteiger partial charge >= 0.3 is 14.3 Å². The van der Waals surface area contributed by atoms with Crippen LogP contribution >= 0.6 is 8.53 Å². The molecule has 21 heteroatoms. The average Bonchev–Trinajstić information content (AvgIpc) is 3.90. The van der Waals surface area contributed by atoms with Gasteiger partial charge in [0, 0.05) is 66.7 Å². The molecule has 2 aromatic rings. The fourth-order valence-corrected chi connectivity index (χ4v) is 13.8. The van der Waals surface area contributed by atoms with Crippen LogP contribution in [0.15, 0.2) is 58.3 Å². The molecule has 1 unspecified atom stereocenters. The normalized spacial score (nSPS) is 19.5. The molecule has 0 saturated carbocycles. The monoisotopic (exact) mass is 951 g/mol. The van der Waals surface area contributed by atoms with Gasteiger partial charge in [-0.1, -0.05) is 27.7 Å². The largest absolute Gasteiger partial charge is 0.391 e. The van der Waals surface area contributed by atoms with E-state index in [1.54, 1.807) is 6.92 Å². The van der Waals surface area contributed by atoms with Crippen LogP contribution in [0.4, 0.5) is 11.4 Å². The van der Waals surface area contributed by atoms with E-state index in [0.29, 0.717) is 12.0 Å². The van der Waals surface area contributed by atoms with E-state index in [4.69, 9.17) is 29.2 Å². The molecule has 1 aromatic heterocycles. The molecule has 358 valence electrons. The molecule has 0 bridgehead atoms. The minimum Gasteiger partial charge on any atom is -0.391 e. The van der Waals surface area contributed by atoms with Gasteiger partial charge in [0.15, 0.2) is 0 Å². The fraction of sp³-hybridized carbons (Fsp3) is 0.556. The minimum atomic E-state index is -3.23. The van der Waals surface area contributed by atoms with E-state index in [1.807, 2.05) is 69.2 Å². The van der Waals surface area contributed by atoms with Gasteiger partial charge in [0.05, 0.1) is 29.7 Å². The number of H-pyrrole nitrogens is 1. The summed E-state index contributed by atoms with van der Waals surface area (Å²) in [6, 6.07) is 4.07. The third kappa shape index (κ3) is 11.9. The molecule has 2 N–H and O–H groups in total. The number of aromatic nitrogens is 2. The highest BCUT2D eigenvalue weighted by Gasteiger charge is 2.51. The first-order chi connectivity index (χ1) is 31.0. The van der Waals surface area contributed by atoms with Crippen molar-refractivity contribution in [3.05, 3.63) is 92.1 Å². The molecule has 3 aliphatic heterocycles. The number of anilines is 2. The van der Waals surface area contributed by atoms with E-state index in [2.05, 4.69) is 19.8 Å². The summed E-state index contributed by atoms with van der Waals surface area (Å²) < 4.78 is 37.3. The zero-order chi connectivity index (χ0) is 48.8. The van der Waals surface area contributed by atoms with E-state index < -0.39 is 81.9 Å². The van der Waals surface area contributed by atoms with Crippen LogP contribution in [0.3, 0.4) is 0 Å². The SMILES string of the molecule is [C-]#[N+]CCOP(O[C@@H]1C[C@H](n2cc(C)c(=O)[nH]c2=O)O[C@@H]1CO[Si](OC(C)(C)CCNC(=O)c1cc(N2C(=O)C=CC2=O)cc(N2C(=O)C=CC2=O)c1)(C(C)C)C(C)C)N(C(C)C)C(C)C. The molecular formula is C45H62N7O12PSi. The van der Waals surface area contributed by atoms with Crippen LogP contribution in [-0.2, 0) is 41.8 Å². The number of hydrogen-bond acceptors (Lipinski definition) is 13. The molecule has 0 aliphatic carbocycles. The Bertz CT molecular complexity index is 2280. The van der Waals surface area contributed by atoms with Gasteiger partial charge in [-0.05, 0) is 84.2 Å². The molecule has 0 radical (unpaired) electrons. The van der Waals surface area contributed by atoms with E-state index in [-0.39, 0.29) is 72.8 Å². The van der Waals surface area contributed by atoms with Crippen LogP contribution in [0.1, 0.15) is 104 Å². The Hall–Kier alpha value is -4.97. The van der Waals surface area contributed by atoms with Crippen molar-refractivity contribution in [3.63, 3.8) is 0 Å². The van der Waals surface area contributed by atoms with Crippen LogP contribution in [0.5, 0.6) is 0 Å². The third-order valence-electron chi connectivity index (χ3n) is 11.3. The van der Waals surface area contributed by atoms with E-state index in [9.17, 15) is 33.6 Å². The topological polar surface area (TPSA) is 212 Å². The molecule has 19 nitrogen and oxygen atoms in total. The smallest absolute Gasteiger partial charge is 0.343 e. The van der Waals surface area contributed by atoms with E-state index in [1.165, 1.54) is 29.0 Å². The van der Waals surface area contributed by atoms with Crippen LogP contribution in [0.25, 0.3) is 4.85 Å². The van der Waals surface area contributed by atoms with Crippen molar-refractivity contribution in [2.75, 3.05) is 36.1 Å². The molecule has 1 fully saturated rings. The Labute approximate surface area is 387 Å². The molecule has 5 amide bonds. The summed E-state index contributed by atoms with van der Waals surface area (Å²) in [5, 5.41) is 2.89. The van der Waals surface area contributed by atoms with Gasteiger partial charge in [0.25, 0.3) is 43.6 Å². The summed E-state index contributed by atoms with van der Waals surface area (Å²) in [6.07, 6.45) is 4.21. The second-order valence-electron chi connectivity index (χ2n) is 18.1. The molecule has 0 spiro atoms. The fourth-order valence-electron chi connectivity index (χ4n) is 8.17. The van der Waals surface area contributed by atoms with Crippen molar-refractivity contribution in [1.82, 2.24) is 19.5 Å². The summed E-state index contributed by atoms with van der Waals surface area (Å²) in [4.78, 5) is 97.1. The molecule has 5 rings (SSSR count). The number of benzene rings is 1. The predicted octanol–water partition coefficient (Wildman–Crippen LogP) is 5.55. The number of carbonyl (C=O) groups is 5. The Balaban J connectivity index is 1.36. The zero-order valence-corrected chi connectivity index (χ0v) is 41.4. The first-order valence-electron chi connectivity index (χ1n) is 22.1. The molecule has 1 saturated heterocycles. The second kappa shape index (κ2) is 21.8. The maximum atomic E-state index is 13.8. The Morgan fingerprint density at radius 1 is 0.924 bits per heavy atom. The van der Waals surface area contributed by atoms with Gasteiger partial charge in [-0.25, -0.2) is 25.8 Å². The Kier molecular flexibility index (Phi) is 17.1. The number of ether oxygens (including phenoxy) is 1. The number of aromatic amines is 1. The summed E-state index contributed by atoms with van der Waals surface area (Å²) >= 11 is 0. The van der Waals surface area contributed by atoms with Gasteiger partial charge in [-0.2, -0.15) is 0 Å². The lowest BCUT2D eigenvalue weighted by Crippen LogP contribution is -2.55. The van der Waals surface area contributed by atoms with Crippen molar-refractivity contribution in [2.45, 2.75) is 136 Å². The van der Waals surface area contributed by atoms with Crippen LogP contribution in [0.2, 0.25) is 11.1 Å². The molecule has 4 heterocycles. The third-order valence-corrected chi connectivity index (χ3v) is 18.2. The Morgan fingerprint density at radius 2 is 1.47 bits per heavy atom. The summed E-state index contributed by atoms with van der Waals surface area (Å²) in [5.41, 5.74) is -1.78. The Morgan fingerprint density at radius 3 is 1.97 bits per heavy atom. The maximum absolute atomic E-state index is 13.8. The van der Waals surface area contributed by atoms with Crippen molar-refractivity contribution in [2.24, 2.45) is 0 Å². The number of nitrogens with zero attached hydrogens (tertiary/aromatic N) is 5. The number of hydrogen-bond donors (Lipinski definition) is 2. The van der Waals surface area contributed by atoms with Crippen molar-refractivity contribution >= 4 is 58.0 Å². The summed E-state index contributed by atoms with van der Waals surface area (Å²) in [5.74, 6) is -3.13. The highest BCUT2D eigenvalue weighted by molar-refractivity contribution is 7.44. The van der Waals surface area contributed by atoms with Gasteiger partial charge in [0.1, 0.15) is 18.9 Å². The number of imide groups is 2. The number of nitrogens with one attached hydrogen (secondary N) is 2. The predicted molar refractivity (Wildman–Crippen MR) is 250 cm³/mol. The first kappa shape index (κ1) is 52.0. The van der Waals surface area contributed by atoms with Gasteiger partial charge in [0.2, 0.25) is 6.54 Å². The summed E-state index contributed by atoms with van der Waals surface area (Å²) in [6.45, 7) is 29.5. The standard InChI is InChI=1S/C45H62N7O12PSi/c1-27(2)52(28(3)4)65(60-20-19-46-12)63-35-24-41(49-25-31(9)42(57)48-44(49)59)62-36(35)26-61-66(29(5)6,30(7)8)64-45(10,11)17-18-47-43(58)32-21-33(50-37(53)13-14-38(50)54)23-34(22-32)51-39(55)15-16-40(51)56/h13-16,21-23,25,27-30,35-36,41H,17-20,24,26H2,1-11H3,(H,47,58)(H,48,57,59)/t35-,36-,41-,65?/m1/s1. The molecule has 4 atom stereocenters. The lowest BCUT2D eigenvalue weighted by Gasteiger charge is -2.44. The van der Waals surface area contributed by atoms with Crippen LogP contribution in [0, 0.1) is 13.5 Å². The van der Waals surface area contributed by atoms with Crippen molar-refractivity contribution in [1.29, 1.82) is 0 Å². The van der Waals surface area contributed by atoms with Crippen LogP contribution < -0.4 is 26.4 Å². The molecular weight excluding hydrogens is 890 g/mol. The van der Waals surface area contributed by atoms with Crippen molar-refractivity contribution < 1.29 is 46.6 Å². The highest BCUT2D eigenvalue weighted by Crippen LogP contribution is 2.50. The number of amides is 5. The van der Waals surface area contributed by atoms with Crippen LogP contribution in [-0.4, -0.2) is 109 Å². The molecule has 3 aliphatic rings. The van der Waals surface area contributed by atoms with Gasteiger partial charge in [-0.3, -0.25) is 38.3 Å². The first-order valence-corrected chi connectivity index (χ1v) is 25.2. The van der Waals surface area contributed by atoms with Crippen molar-refractivity contribution in [3.8, 4) is 0 Å². The average molecular weight is 952 g/mol. The number of aryl methyl sites for hydroxylation is 1.